The predicted molar refractivity (Wildman–Crippen MR) is 60.8 cm³/mol. The van der Waals surface area contributed by atoms with Crippen molar-refractivity contribution in [1.29, 1.82) is 0 Å². The van der Waals surface area contributed by atoms with Gasteiger partial charge >= 0.3 is 0 Å². The summed E-state index contributed by atoms with van der Waals surface area (Å²) in [7, 11) is 1.85. The topological polar surface area (TPSA) is 55.6 Å². The Balaban J connectivity index is 2.18. The van der Waals surface area contributed by atoms with Gasteiger partial charge in [0, 0.05) is 0 Å². The average molecular weight is 235 g/mol. The Labute approximate surface area is 98.6 Å². The van der Waals surface area contributed by atoms with Crippen LogP contribution in [-0.4, -0.2) is 27.3 Å². The molecule has 5 nitrogen and oxygen atoms in total. The molecule has 17 heavy (non-hydrogen) atoms. The Kier molecular flexibility index (Phi) is 3.43. The van der Waals surface area contributed by atoms with Crippen LogP contribution in [-0.2, 0) is 6.54 Å². The first-order valence-corrected chi connectivity index (χ1v) is 5.38. The monoisotopic (exact) mass is 235 g/mol. The van der Waals surface area contributed by atoms with E-state index in [4.69, 9.17) is 0 Å². The van der Waals surface area contributed by atoms with Gasteiger partial charge in [-0.25, -0.2) is 9.07 Å². The summed E-state index contributed by atoms with van der Waals surface area (Å²) >= 11 is 0. The van der Waals surface area contributed by atoms with Gasteiger partial charge in [0.2, 0.25) is 0 Å². The smallest absolute Gasteiger partial charge is 0.168 e. The van der Waals surface area contributed by atoms with Crippen LogP contribution in [0.4, 0.5) is 4.39 Å². The molecule has 90 valence electrons. The van der Waals surface area contributed by atoms with E-state index < -0.39 is 0 Å². The Morgan fingerprint density at radius 1 is 1.35 bits per heavy atom. The molecule has 0 saturated carbocycles. The molecule has 1 aromatic heterocycles. The highest BCUT2D eigenvalue weighted by Gasteiger charge is 2.12. The van der Waals surface area contributed by atoms with E-state index in [2.05, 4.69) is 20.8 Å². The van der Waals surface area contributed by atoms with Crippen molar-refractivity contribution in [2.24, 2.45) is 0 Å². The Morgan fingerprint density at radius 2 is 2.06 bits per heavy atom. The van der Waals surface area contributed by atoms with Crippen molar-refractivity contribution in [3.8, 4) is 0 Å². The Bertz CT molecular complexity index is 479. The minimum atomic E-state index is -0.241. The van der Waals surface area contributed by atoms with Crippen molar-refractivity contribution in [3.05, 3.63) is 41.5 Å². The number of aromatic nitrogens is 4. The SMILES string of the molecule is CNC(C)c1nnnn1Cc1ccc(F)cc1. The lowest BCUT2D eigenvalue weighted by molar-refractivity contribution is 0.539. The molecule has 1 unspecified atom stereocenters. The fourth-order valence-corrected chi connectivity index (χ4v) is 1.53. The number of nitrogens with one attached hydrogen (secondary N) is 1. The maximum atomic E-state index is 12.8. The molecule has 6 heteroatoms. The van der Waals surface area contributed by atoms with E-state index in [1.54, 1.807) is 16.8 Å². The summed E-state index contributed by atoms with van der Waals surface area (Å²) in [4.78, 5) is 0. The van der Waals surface area contributed by atoms with Crippen molar-refractivity contribution in [2.75, 3.05) is 7.05 Å². The van der Waals surface area contributed by atoms with Crippen LogP contribution >= 0.6 is 0 Å². The van der Waals surface area contributed by atoms with E-state index in [1.807, 2.05) is 14.0 Å². The number of halogens is 1. The molecule has 0 fully saturated rings. The maximum absolute atomic E-state index is 12.8. The number of hydrogen-bond donors (Lipinski definition) is 1. The highest BCUT2D eigenvalue weighted by atomic mass is 19.1. The zero-order chi connectivity index (χ0) is 12.3. The van der Waals surface area contributed by atoms with Crippen LogP contribution in [0.2, 0.25) is 0 Å². The molecule has 2 aromatic rings. The highest BCUT2D eigenvalue weighted by Crippen LogP contribution is 2.10. The molecule has 1 heterocycles. The van der Waals surface area contributed by atoms with Gasteiger partial charge in [0.25, 0.3) is 0 Å². The first-order chi connectivity index (χ1) is 8.20. The van der Waals surface area contributed by atoms with Gasteiger partial charge in [0.1, 0.15) is 5.82 Å². The van der Waals surface area contributed by atoms with Gasteiger partial charge in [-0.2, -0.15) is 0 Å². The minimum absolute atomic E-state index is 0.0745. The van der Waals surface area contributed by atoms with Crippen molar-refractivity contribution in [1.82, 2.24) is 25.5 Å². The van der Waals surface area contributed by atoms with E-state index >= 15 is 0 Å². The van der Waals surface area contributed by atoms with Gasteiger partial charge in [0.15, 0.2) is 5.82 Å². The van der Waals surface area contributed by atoms with E-state index in [0.29, 0.717) is 6.54 Å². The first kappa shape index (κ1) is 11.7. The summed E-state index contributed by atoms with van der Waals surface area (Å²) in [6, 6.07) is 6.39. The van der Waals surface area contributed by atoms with Crippen molar-refractivity contribution in [3.63, 3.8) is 0 Å². The molecule has 1 atom stereocenters. The number of tetrazole rings is 1. The van der Waals surface area contributed by atoms with Gasteiger partial charge in [-0.15, -0.1) is 5.10 Å². The molecule has 0 bridgehead atoms. The molecule has 0 spiro atoms. The molecular weight excluding hydrogens is 221 g/mol. The maximum Gasteiger partial charge on any atom is 0.168 e. The second-order valence-corrected chi connectivity index (χ2v) is 3.83. The molecule has 2 rings (SSSR count). The zero-order valence-corrected chi connectivity index (χ0v) is 9.76. The van der Waals surface area contributed by atoms with Crippen LogP contribution in [0, 0.1) is 5.82 Å². The highest BCUT2D eigenvalue weighted by molar-refractivity contribution is 5.16. The van der Waals surface area contributed by atoms with Gasteiger partial charge in [0.05, 0.1) is 12.6 Å². The van der Waals surface area contributed by atoms with Crippen LogP contribution in [0.5, 0.6) is 0 Å². The molecule has 0 aliphatic carbocycles. The van der Waals surface area contributed by atoms with E-state index in [1.165, 1.54) is 12.1 Å². The summed E-state index contributed by atoms with van der Waals surface area (Å²) in [5, 5.41) is 14.6. The minimum Gasteiger partial charge on any atom is -0.311 e. The van der Waals surface area contributed by atoms with Crippen LogP contribution in [0.3, 0.4) is 0 Å². The third-order valence-corrected chi connectivity index (χ3v) is 2.63. The number of hydrogen-bond acceptors (Lipinski definition) is 4. The summed E-state index contributed by atoms with van der Waals surface area (Å²) in [6.45, 7) is 2.52. The largest absolute Gasteiger partial charge is 0.311 e. The van der Waals surface area contributed by atoms with Crippen LogP contribution < -0.4 is 5.32 Å². The van der Waals surface area contributed by atoms with Crippen molar-refractivity contribution in [2.45, 2.75) is 19.5 Å². The van der Waals surface area contributed by atoms with Crippen molar-refractivity contribution < 1.29 is 4.39 Å². The second kappa shape index (κ2) is 5.01. The quantitative estimate of drug-likeness (QED) is 0.863. The van der Waals surface area contributed by atoms with E-state index in [0.717, 1.165) is 11.4 Å². The molecule has 0 aliphatic rings. The average Bonchev–Trinajstić information content (AvgIpc) is 2.79. The molecule has 0 amide bonds. The van der Waals surface area contributed by atoms with Crippen LogP contribution in [0.1, 0.15) is 24.4 Å². The molecule has 1 aromatic carbocycles. The molecule has 0 aliphatic heterocycles. The summed E-state index contributed by atoms with van der Waals surface area (Å²) in [5.41, 5.74) is 0.961. The fraction of sp³-hybridized carbons (Fsp3) is 0.364. The Hall–Kier alpha value is -1.82. The number of rotatable bonds is 4. The molecule has 0 saturated heterocycles. The summed E-state index contributed by atoms with van der Waals surface area (Å²) < 4.78 is 14.5. The van der Waals surface area contributed by atoms with Crippen LogP contribution in [0.15, 0.2) is 24.3 Å². The van der Waals surface area contributed by atoms with E-state index in [-0.39, 0.29) is 11.9 Å². The standard InChI is InChI=1S/C11H14FN5/c1-8(13-2)11-14-15-16-17(11)7-9-3-5-10(12)6-4-9/h3-6,8,13H,7H2,1-2H3. The molecular formula is C11H14FN5. The van der Waals surface area contributed by atoms with Crippen LogP contribution in [0.25, 0.3) is 0 Å². The lowest BCUT2D eigenvalue weighted by Gasteiger charge is -2.10. The summed E-state index contributed by atoms with van der Waals surface area (Å²) in [5.74, 6) is 0.520. The van der Waals surface area contributed by atoms with Gasteiger partial charge in [-0.05, 0) is 42.1 Å². The predicted octanol–water partition coefficient (Wildman–Crippen LogP) is 1.14. The van der Waals surface area contributed by atoms with Gasteiger partial charge in [-0.1, -0.05) is 12.1 Å². The van der Waals surface area contributed by atoms with Gasteiger partial charge < -0.3 is 5.32 Å². The second-order valence-electron chi connectivity index (χ2n) is 3.83. The van der Waals surface area contributed by atoms with E-state index in [9.17, 15) is 4.39 Å². The fourth-order valence-electron chi connectivity index (χ4n) is 1.53. The number of nitrogens with zero attached hydrogens (tertiary/aromatic N) is 4. The first-order valence-electron chi connectivity index (χ1n) is 5.38. The van der Waals surface area contributed by atoms with Crippen molar-refractivity contribution >= 4 is 0 Å². The normalized spacial score (nSPS) is 12.6. The number of benzene rings is 1. The third kappa shape index (κ3) is 2.65. The van der Waals surface area contributed by atoms with Gasteiger partial charge in [-0.3, -0.25) is 0 Å². The lowest BCUT2D eigenvalue weighted by Crippen LogP contribution is -2.19. The zero-order valence-electron chi connectivity index (χ0n) is 9.76. The molecule has 0 radical (unpaired) electrons. The molecule has 1 N–H and O–H groups in total. The third-order valence-electron chi connectivity index (χ3n) is 2.63. The summed E-state index contributed by atoms with van der Waals surface area (Å²) in [6.07, 6.45) is 0. The lowest BCUT2D eigenvalue weighted by atomic mass is 10.2. The Morgan fingerprint density at radius 3 is 2.71 bits per heavy atom.